The first-order valence-electron chi connectivity index (χ1n) is 6.24. The molecule has 0 bridgehead atoms. The molecule has 0 radical (unpaired) electrons. The quantitative estimate of drug-likeness (QED) is 0.848. The summed E-state index contributed by atoms with van der Waals surface area (Å²) in [7, 11) is 1.84. The molecule has 102 valence electrons. The number of amides is 1. The highest BCUT2D eigenvalue weighted by Crippen LogP contribution is 2.49. The molecule has 0 spiro atoms. The number of likely N-dealkylation sites (N-methyl/N-ethyl adjacent to an activating group) is 1. The fraction of sp³-hybridized carbons (Fsp3) is 0.200. The number of hydrogen-bond donors (Lipinski definition) is 0. The monoisotopic (exact) mass is 304 g/mol. The van der Waals surface area contributed by atoms with E-state index >= 15 is 0 Å². The lowest BCUT2D eigenvalue weighted by atomic mass is 10.1. The number of rotatable bonds is 2. The predicted molar refractivity (Wildman–Crippen MR) is 81.5 cm³/mol. The Labute approximate surface area is 127 Å². The molecule has 3 rings (SSSR count). The van der Waals surface area contributed by atoms with Gasteiger partial charge in [-0.05, 0) is 23.8 Å². The second-order valence-corrected chi connectivity index (χ2v) is 6.28. The molecule has 0 saturated carbocycles. The van der Waals surface area contributed by atoms with E-state index in [0.717, 1.165) is 11.1 Å². The van der Waals surface area contributed by atoms with E-state index in [2.05, 4.69) is 4.98 Å². The Kier molecular flexibility index (Phi) is 3.68. The van der Waals surface area contributed by atoms with Crippen LogP contribution in [0.25, 0.3) is 0 Å². The molecule has 1 fully saturated rings. The van der Waals surface area contributed by atoms with Crippen molar-refractivity contribution in [3.05, 3.63) is 64.9 Å². The topological polar surface area (TPSA) is 33.2 Å². The van der Waals surface area contributed by atoms with E-state index in [-0.39, 0.29) is 16.5 Å². The van der Waals surface area contributed by atoms with E-state index < -0.39 is 0 Å². The third kappa shape index (κ3) is 2.41. The number of aromatic nitrogens is 1. The normalized spacial score (nSPS) is 22.3. The van der Waals surface area contributed by atoms with Crippen molar-refractivity contribution < 1.29 is 4.79 Å². The van der Waals surface area contributed by atoms with Crippen LogP contribution >= 0.6 is 23.4 Å². The Bertz CT molecular complexity index is 618. The van der Waals surface area contributed by atoms with Gasteiger partial charge in [-0.2, -0.15) is 0 Å². The Morgan fingerprint density at radius 3 is 2.60 bits per heavy atom. The van der Waals surface area contributed by atoms with Gasteiger partial charge in [0.05, 0.1) is 0 Å². The van der Waals surface area contributed by atoms with Crippen LogP contribution in [0.5, 0.6) is 0 Å². The molecule has 20 heavy (non-hydrogen) atoms. The van der Waals surface area contributed by atoms with Gasteiger partial charge in [-0.15, -0.1) is 11.8 Å². The zero-order valence-electron chi connectivity index (χ0n) is 10.9. The maximum absolute atomic E-state index is 12.4. The van der Waals surface area contributed by atoms with Crippen LogP contribution in [0.4, 0.5) is 0 Å². The number of halogens is 1. The molecule has 2 atom stereocenters. The van der Waals surface area contributed by atoms with Crippen molar-refractivity contribution in [3.8, 4) is 0 Å². The van der Waals surface area contributed by atoms with Gasteiger partial charge >= 0.3 is 0 Å². The molecular formula is C15H13ClN2OS. The third-order valence-corrected chi connectivity index (χ3v) is 5.18. The fourth-order valence-corrected chi connectivity index (χ4v) is 3.83. The molecule has 1 aliphatic heterocycles. The minimum atomic E-state index is -0.178. The molecule has 1 saturated heterocycles. The molecule has 2 aromatic rings. The SMILES string of the molecule is CN1C(=O)[C@H](c2ccc(Cl)cc2)S[C@@H]1c1cccnc1. The Hall–Kier alpha value is -1.52. The number of carbonyl (C=O) groups is 1. The van der Waals surface area contributed by atoms with Crippen LogP contribution in [0.3, 0.4) is 0 Å². The summed E-state index contributed by atoms with van der Waals surface area (Å²) < 4.78 is 0. The average Bonchev–Trinajstić information content (AvgIpc) is 2.77. The van der Waals surface area contributed by atoms with E-state index in [9.17, 15) is 4.79 Å². The molecule has 1 amide bonds. The van der Waals surface area contributed by atoms with Gasteiger partial charge in [0, 0.05) is 30.0 Å². The summed E-state index contributed by atoms with van der Waals surface area (Å²) in [6.45, 7) is 0. The molecule has 2 heterocycles. The largest absolute Gasteiger partial charge is 0.328 e. The van der Waals surface area contributed by atoms with Gasteiger partial charge in [-0.25, -0.2) is 0 Å². The molecule has 0 aliphatic carbocycles. The molecule has 1 aromatic heterocycles. The summed E-state index contributed by atoms with van der Waals surface area (Å²) in [6, 6.07) is 11.4. The van der Waals surface area contributed by atoms with Crippen molar-refractivity contribution >= 4 is 29.3 Å². The molecular weight excluding hydrogens is 292 g/mol. The van der Waals surface area contributed by atoms with Gasteiger partial charge in [0.1, 0.15) is 10.6 Å². The maximum Gasteiger partial charge on any atom is 0.241 e. The van der Waals surface area contributed by atoms with Crippen LogP contribution in [0, 0.1) is 0 Å². The number of carbonyl (C=O) groups excluding carboxylic acids is 1. The summed E-state index contributed by atoms with van der Waals surface area (Å²) in [5.41, 5.74) is 2.03. The smallest absolute Gasteiger partial charge is 0.241 e. The van der Waals surface area contributed by atoms with Crippen molar-refractivity contribution in [2.45, 2.75) is 10.6 Å². The van der Waals surface area contributed by atoms with Crippen molar-refractivity contribution in [1.29, 1.82) is 0 Å². The maximum atomic E-state index is 12.4. The molecule has 3 nitrogen and oxygen atoms in total. The number of hydrogen-bond acceptors (Lipinski definition) is 3. The minimum absolute atomic E-state index is 0.0110. The number of benzene rings is 1. The van der Waals surface area contributed by atoms with Crippen LogP contribution in [-0.2, 0) is 4.79 Å². The number of pyridine rings is 1. The second kappa shape index (κ2) is 5.46. The summed E-state index contributed by atoms with van der Waals surface area (Å²) in [6.07, 6.45) is 3.55. The lowest BCUT2D eigenvalue weighted by Crippen LogP contribution is -2.24. The highest BCUT2D eigenvalue weighted by molar-refractivity contribution is 8.00. The first-order valence-corrected chi connectivity index (χ1v) is 7.56. The van der Waals surface area contributed by atoms with Crippen LogP contribution in [0.1, 0.15) is 21.8 Å². The third-order valence-electron chi connectivity index (χ3n) is 3.33. The lowest BCUT2D eigenvalue weighted by Gasteiger charge is -2.18. The number of thioether (sulfide) groups is 1. The van der Waals surface area contributed by atoms with Crippen LogP contribution in [0.15, 0.2) is 48.8 Å². The summed E-state index contributed by atoms with van der Waals surface area (Å²) in [4.78, 5) is 18.3. The summed E-state index contributed by atoms with van der Waals surface area (Å²) >= 11 is 7.53. The fourth-order valence-electron chi connectivity index (χ4n) is 2.26. The molecule has 1 aromatic carbocycles. The Morgan fingerprint density at radius 2 is 1.95 bits per heavy atom. The number of nitrogens with zero attached hydrogens (tertiary/aromatic N) is 2. The van der Waals surface area contributed by atoms with Crippen LogP contribution in [0.2, 0.25) is 5.02 Å². The summed E-state index contributed by atoms with van der Waals surface area (Å²) in [5, 5.41) is 0.515. The first kappa shape index (κ1) is 13.5. The summed E-state index contributed by atoms with van der Waals surface area (Å²) in [5.74, 6) is 0.117. The molecule has 0 N–H and O–H groups in total. The van der Waals surface area contributed by atoms with Gasteiger partial charge in [0.15, 0.2) is 0 Å². The van der Waals surface area contributed by atoms with E-state index in [1.54, 1.807) is 22.9 Å². The Balaban J connectivity index is 1.89. The van der Waals surface area contributed by atoms with Gasteiger partial charge in [-0.1, -0.05) is 29.8 Å². The zero-order chi connectivity index (χ0) is 14.1. The highest BCUT2D eigenvalue weighted by atomic mass is 35.5. The molecule has 0 unspecified atom stereocenters. The second-order valence-electron chi connectivity index (χ2n) is 4.66. The highest BCUT2D eigenvalue weighted by Gasteiger charge is 2.39. The van der Waals surface area contributed by atoms with E-state index in [0.29, 0.717) is 5.02 Å². The van der Waals surface area contributed by atoms with E-state index in [4.69, 9.17) is 11.6 Å². The van der Waals surface area contributed by atoms with Crippen molar-refractivity contribution in [2.75, 3.05) is 7.05 Å². The average molecular weight is 305 g/mol. The van der Waals surface area contributed by atoms with Crippen molar-refractivity contribution in [2.24, 2.45) is 0 Å². The minimum Gasteiger partial charge on any atom is -0.328 e. The zero-order valence-corrected chi connectivity index (χ0v) is 12.4. The van der Waals surface area contributed by atoms with Gasteiger partial charge in [0.25, 0.3) is 0 Å². The van der Waals surface area contributed by atoms with Crippen molar-refractivity contribution in [1.82, 2.24) is 9.88 Å². The van der Waals surface area contributed by atoms with Gasteiger partial charge in [0.2, 0.25) is 5.91 Å². The van der Waals surface area contributed by atoms with Crippen LogP contribution in [-0.4, -0.2) is 22.8 Å². The van der Waals surface area contributed by atoms with Crippen LogP contribution < -0.4 is 0 Å². The van der Waals surface area contributed by atoms with Gasteiger partial charge in [-0.3, -0.25) is 9.78 Å². The predicted octanol–water partition coefficient (Wildman–Crippen LogP) is 3.68. The lowest BCUT2D eigenvalue weighted by molar-refractivity contribution is -0.128. The standard InChI is InChI=1S/C15H13ClN2OS/c1-18-14(19)13(10-4-6-12(16)7-5-10)20-15(18)11-3-2-8-17-9-11/h2-9,13,15H,1H3/t13-,15+/m0/s1. The molecule has 5 heteroatoms. The van der Waals surface area contributed by atoms with Gasteiger partial charge < -0.3 is 4.90 Å². The van der Waals surface area contributed by atoms with E-state index in [1.807, 2.05) is 49.6 Å². The Morgan fingerprint density at radius 1 is 1.20 bits per heavy atom. The van der Waals surface area contributed by atoms with E-state index in [1.165, 1.54) is 0 Å². The molecule has 1 aliphatic rings. The first-order chi connectivity index (χ1) is 9.66. The van der Waals surface area contributed by atoms with Crippen molar-refractivity contribution in [3.63, 3.8) is 0 Å².